The third-order valence-corrected chi connectivity index (χ3v) is 8.45. The molecule has 0 aliphatic carbocycles. The van der Waals surface area contributed by atoms with Crippen molar-refractivity contribution in [2.75, 3.05) is 33.2 Å². The van der Waals surface area contributed by atoms with E-state index in [-0.39, 0.29) is 23.8 Å². The summed E-state index contributed by atoms with van der Waals surface area (Å²) in [4.78, 5) is 45.2. The molecule has 0 unspecified atom stereocenters. The summed E-state index contributed by atoms with van der Waals surface area (Å²) in [6, 6.07) is 10.5. The van der Waals surface area contributed by atoms with Gasteiger partial charge in [-0.25, -0.2) is 4.79 Å². The van der Waals surface area contributed by atoms with Crippen LogP contribution in [0.15, 0.2) is 30.3 Å². The Morgan fingerprint density at radius 1 is 1.09 bits per heavy atom. The average molecular weight is 483 g/mol. The van der Waals surface area contributed by atoms with E-state index in [0.29, 0.717) is 38.5 Å². The molecule has 3 aliphatic heterocycles. The molecule has 7 heteroatoms. The highest BCUT2D eigenvalue weighted by molar-refractivity contribution is 6.07. The molecule has 0 spiro atoms. The summed E-state index contributed by atoms with van der Waals surface area (Å²) in [6.07, 6.45) is 8.50. The molecular weight excluding hydrogens is 440 g/mol. The first-order valence-electron chi connectivity index (χ1n) is 13.6. The van der Waals surface area contributed by atoms with Gasteiger partial charge in [0.25, 0.3) is 5.91 Å². The van der Waals surface area contributed by atoms with Gasteiger partial charge < -0.3 is 15.1 Å². The van der Waals surface area contributed by atoms with Gasteiger partial charge in [-0.05, 0) is 76.4 Å². The van der Waals surface area contributed by atoms with Gasteiger partial charge in [-0.3, -0.25) is 14.5 Å². The molecule has 4 rings (SSSR count). The van der Waals surface area contributed by atoms with E-state index >= 15 is 0 Å². The van der Waals surface area contributed by atoms with Crippen molar-refractivity contribution in [3.05, 3.63) is 35.9 Å². The number of carbonyl (C=O) groups is 3. The number of piperidine rings is 1. The van der Waals surface area contributed by atoms with E-state index in [1.807, 2.05) is 23.1 Å². The molecule has 0 radical (unpaired) electrons. The number of nitrogens with zero attached hydrogens (tertiary/aromatic N) is 3. The fourth-order valence-corrected chi connectivity index (χ4v) is 6.38. The monoisotopic (exact) mass is 482 g/mol. The van der Waals surface area contributed by atoms with Crippen LogP contribution < -0.4 is 5.32 Å². The number of carbonyl (C=O) groups excluding carboxylic acids is 3. The van der Waals surface area contributed by atoms with Gasteiger partial charge in [0.15, 0.2) is 0 Å². The van der Waals surface area contributed by atoms with Crippen LogP contribution in [0.4, 0.5) is 4.79 Å². The quantitative estimate of drug-likeness (QED) is 0.515. The lowest BCUT2D eigenvalue weighted by atomic mass is 9.74. The Kier molecular flexibility index (Phi) is 8.47. The van der Waals surface area contributed by atoms with Crippen LogP contribution in [-0.2, 0) is 16.0 Å². The molecule has 0 bridgehead atoms. The van der Waals surface area contributed by atoms with Crippen molar-refractivity contribution in [2.45, 2.75) is 82.7 Å². The zero-order valence-electron chi connectivity index (χ0n) is 21.5. The van der Waals surface area contributed by atoms with Gasteiger partial charge in [0.2, 0.25) is 5.91 Å². The number of benzene rings is 1. The Bertz CT molecular complexity index is 883. The van der Waals surface area contributed by atoms with E-state index < -0.39 is 5.54 Å². The predicted octanol–water partition coefficient (Wildman–Crippen LogP) is 3.82. The Hall–Kier alpha value is -2.41. The van der Waals surface area contributed by atoms with Crippen molar-refractivity contribution < 1.29 is 14.4 Å². The van der Waals surface area contributed by atoms with Gasteiger partial charge in [-0.15, -0.1) is 0 Å². The van der Waals surface area contributed by atoms with Crippen molar-refractivity contribution in [2.24, 2.45) is 5.92 Å². The second kappa shape index (κ2) is 11.5. The van der Waals surface area contributed by atoms with Crippen molar-refractivity contribution in [1.29, 1.82) is 0 Å². The molecule has 1 aromatic carbocycles. The van der Waals surface area contributed by atoms with Crippen LogP contribution in [0, 0.1) is 5.92 Å². The summed E-state index contributed by atoms with van der Waals surface area (Å²) in [7, 11) is 2.13. The molecule has 3 saturated heterocycles. The number of nitrogens with one attached hydrogen (secondary N) is 1. The minimum Gasteiger partial charge on any atom is -0.343 e. The van der Waals surface area contributed by atoms with Crippen molar-refractivity contribution in [3.63, 3.8) is 0 Å². The van der Waals surface area contributed by atoms with Crippen molar-refractivity contribution in [3.8, 4) is 0 Å². The molecule has 0 aromatic heterocycles. The van der Waals surface area contributed by atoms with Crippen LogP contribution in [0.2, 0.25) is 0 Å². The maximum absolute atomic E-state index is 13.7. The van der Waals surface area contributed by atoms with Crippen LogP contribution in [0.1, 0.15) is 70.3 Å². The van der Waals surface area contributed by atoms with Gasteiger partial charge in [0, 0.05) is 32.1 Å². The fourth-order valence-electron chi connectivity index (χ4n) is 6.38. The third-order valence-electron chi connectivity index (χ3n) is 8.45. The lowest BCUT2D eigenvalue weighted by Crippen LogP contribution is -2.56. The van der Waals surface area contributed by atoms with Gasteiger partial charge in [0.05, 0.1) is 0 Å². The first-order valence-corrected chi connectivity index (χ1v) is 13.6. The maximum Gasteiger partial charge on any atom is 0.325 e. The summed E-state index contributed by atoms with van der Waals surface area (Å²) < 4.78 is 0. The van der Waals surface area contributed by atoms with E-state index in [0.717, 1.165) is 51.5 Å². The SMILES string of the molecule is CCC[C@@]1(C2CCN(C(=O)CCCc3ccccc3)CC2)NC(=O)N(CC[C@H]2CCCN2C)C1=O. The van der Waals surface area contributed by atoms with E-state index in [4.69, 9.17) is 0 Å². The topological polar surface area (TPSA) is 73.0 Å². The lowest BCUT2D eigenvalue weighted by Gasteiger charge is -2.41. The Labute approximate surface area is 210 Å². The van der Waals surface area contributed by atoms with Gasteiger partial charge >= 0.3 is 6.03 Å². The number of imide groups is 1. The number of rotatable bonds is 10. The van der Waals surface area contributed by atoms with E-state index in [1.165, 1.54) is 16.9 Å². The van der Waals surface area contributed by atoms with Gasteiger partial charge in [0.1, 0.15) is 5.54 Å². The highest BCUT2D eigenvalue weighted by Gasteiger charge is 2.55. The highest BCUT2D eigenvalue weighted by atomic mass is 16.2. The molecule has 3 fully saturated rings. The molecule has 2 atom stereocenters. The summed E-state index contributed by atoms with van der Waals surface area (Å²) in [5, 5.41) is 3.14. The minimum atomic E-state index is -0.810. The predicted molar refractivity (Wildman–Crippen MR) is 137 cm³/mol. The smallest absolute Gasteiger partial charge is 0.325 e. The van der Waals surface area contributed by atoms with E-state index in [1.54, 1.807) is 0 Å². The second-order valence-electron chi connectivity index (χ2n) is 10.7. The van der Waals surface area contributed by atoms with Crippen LogP contribution >= 0.6 is 0 Å². The molecule has 35 heavy (non-hydrogen) atoms. The molecule has 3 aliphatic rings. The number of hydrogen-bond acceptors (Lipinski definition) is 4. The number of hydrogen-bond donors (Lipinski definition) is 1. The molecule has 7 nitrogen and oxygen atoms in total. The largest absolute Gasteiger partial charge is 0.343 e. The summed E-state index contributed by atoms with van der Waals surface area (Å²) in [5.41, 5.74) is 0.454. The molecular formula is C28H42N4O3. The summed E-state index contributed by atoms with van der Waals surface area (Å²) in [6.45, 7) is 4.98. The van der Waals surface area contributed by atoms with Crippen molar-refractivity contribution >= 4 is 17.8 Å². The first-order chi connectivity index (χ1) is 16.9. The zero-order chi connectivity index (χ0) is 24.8. The number of aryl methyl sites for hydroxylation is 1. The maximum atomic E-state index is 13.7. The second-order valence-corrected chi connectivity index (χ2v) is 10.7. The zero-order valence-corrected chi connectivity index (χ0v) is 21.5. The minimum absolute atomic E-state index is 0.0439. The Balaban J connectivity index is 1.30. The molecule has 3 heterocycles. The lowest BCUT2D eigenvalue weighted by molar-refractivity contribution is -0.136. The number of urea groups is 1. The number of amides is 4. The average Bonchev–Trinajstić information content (AvgIpc) is 3.38. The van der Waals surface area contributed by atoms with Gasteiger partial charge in [-0.1, -0.05) is 43.7 Å². The van der Waals surface area contributed by atoms with E-state index in [2.05, 4.69) is 36.3 Å². The molecule has 1 N–H and O–H groups in total. The molecule has 192 valence electrons. The number of likely N-dealkylation sites (tertiary alicyclic amines) is 2. The van der Waals surface area contributed by atoms with Crippen LogP contribution in [-0.4, -0.2) is 77.4 Å². The Morgan fingerprint density at radius 2 is 1.83 bits per heavy atom. The molecule has 4 amide bonds. The standard InChI is InChI=1S/C28H42N4O3/c1-3-17-28(26(34)32(27(35)29-28)21-16-24-12-8-18-30(24)2)23-14-19-31(20-15-23)25(33)13-7-11-22-9-5-4-6-10-22/h4-6,9-10,23-24H,3,7-8,11-21H2,1-2H3,(H,29,35)/t24-,28+/m1/s1. The first kappa shape index (κ1) is 25.7. The van der Waals surface area contributed by atoms with E-state index in [9.17, 15) is 14.4 Å². The third kappa shape index (κ3) is 5.71. The fraction of sp³-hybridized carbons (Fsp3) is 0.679. The van der Waals surface area contributed by atoms with Crippen molar-refractivity contribution in [1.82, 2.24) is 20.0 Å². The Morgan fingerprint density at radius 3 is 2.49 bits per heavy atom. The van der Waals surface area contributed by atoms with Gasteiger partial charge in [-0.2, -0.15) is 0 Å². The molecule has 1 aromatic rings. The normalized spacial score (nSPS) is 25.9. The van der Waals surface area contributed by atoms with Crippen LogP contribution in [0.3, 0.4) is 0 Å². The molecule has 0 saturated carbocycles. The van der Waals surface area contributed by atoms with Crippen LogP contribution in [0.5, 0.6) is 0 Å². The highest BCUT2D eigenvalue weighted by Crippen LogP contribution is 2.37. The van der Waals surface area contributed by atoms with Crippen LogP contribution in [0.25, 0.3) is 0 Å². The summed E-state index contributed by atoms with van der Waals surface area (Å²) in [5.74, 6) is 0.233. The summed E-state index contributed by atoms with van der Waals surface area (Å²) >= 11 is 0.